The molecule has 2 saturated heterocycles. The lowest BCUT2D eigenvalue weighted by Gasteiger charge is -2.17. The van der Waals surface area contributed by atoms with Crippen LogP contribution in [0.1, 0.15) is 23.9 Å². The van der Waals surface area contributed by atoms with E-state index in [4.69, 9.17) is 4.74 Å². The molecule has 1 aromatic heterocycles. The molecule has 2 atom stereocenters. The number of esters is 1. The van der Waals surface area contributed by atoms with E-state index in [2.05, 4.69) is 15.3 Å². The monoisotopic (exact) mass is 342 g/mol. The molecule has 0 bridgehead atoms. The van der Waals surface area contributed by atoms with Crippen molar-refractivity contribution in [2.24, 2.45) is 11.8 Å². The molecule has 0 spiro atoms. The number of fused-ring (bicyclic) bond motifs is 1. The normalized spacial score (nSPS) is 23.6. The molecule has 2 aliphatic rings. The summed E-state index contributed by atoms with van der Waals surface area (Å²) in [7, 11) is 0. The largest absolute Gasteiger partial charge is 0.465 e. The van der Waals surface area contributed by atoms with Gasteiger partial charge in [-0.2, -0.15) is 5.10 Å². The third kappa shape index (κ3) is 3.87. The van der Waals surface area contributed by atoms with Gasteiger partial charge in [0, 0.05) is 30.9 Å². The van der Waals surface area contributed by atoms with Crippen molar-refractivity contribution in [1.82, 2.24) is 20.0 Å². The number of carbonyl (C=O) groups excluding carboxylic acids is 1. The Hall–Kier alpha value is -1.11. The number of carbonyl (C=O) groups is 1. The highest BCUT2D eigenvalue weighted by Gasteiger charge is 2.36. The summed E-state index contributed by atoms with van der Waals surface area (Å²) >= 11 is 0. The molecule has 2 fully saturated rings. The second-order valence-electron chi connectivity index (χ2n) is 6.48. The highest BCUT2D eigenvalue weighted by Crippen LogP contribution is 2.28. The van der Waals surface area contributed by atoms with Crippen LogP contribution < -0.4 is 5.32 Å². The lowest BCUT2D eigenvalue weighted by atomic mass is 10.0. The van der Waals surface area contributed by atoms with Gasteiger partial charge >= 0.3 is 5.97 Å². The van der Waals surface area contributed by atoms with Gasteiger partial charge in [-0.1, -0.05) is 0 Å². The van der Waals surface area contributed by atoms with Gasteiger partial charge in [0.1, 0.15) is 6.54 Å². The first-order valence-corrected chi connectivity index (χ1v) is 8.20. The smallest absolute Gasteiger partial charge is 0.327 e. The molecule has 6 nitrogen and oxygen atoms in total. The molecule has 3 rings (SSSR count). The van der Waals surface area contributed by atoms with Gasteiger partial charge in [0.05, 0.1) is 12.3 Å². The van der Waals surface area contributed by atoms with E-state index in [0.717, 1.165) is 42.9 Å². The lowest BCUT2D eigenvalue weighted by molar-refractivity contribution is -0.144. The number of hydrogen-bond donors (Lipinski definition) is 1. The topological polar surface area (TPSA) is 59.4 Å². The van der Waals surface area contributed by atoms with Crippen molar-refractivity contribution in [3.05, 3.63) is 17.0 Å². The number of nitrogens with one attached hydrogen (secondary N) is 1. The zero-order valence-corrected chi connectivity index (χ0v) is 15.0. The molecule has 2 aliphatic heterocycles. The van der Waals surface area contributed by atoms with Crippen molar-refractivity contribution in [3.8, 4) is 0 Å². The zero-order valence-electron chi connectivity index (χ0n) is 14.2. The Bertz CT molecular complexity index is 549. The number of aromatic nitrogens is 2. The lowest BCUT2D eigenvalue weighted by Crippen LogP contribution is -2.26. The Morgan fingerprint density at radius 2 is 1.96 bits per heavy atom. The molecule has 3 heterocycles. The SMILES string of the molecule is CCOC(=O)Cn1nc(C)c(CN2C[C@H]3CNC[C@H]3C2)c1C.Cl. The van der Waals surface area contributed by atoms with Gasteiger partial charge in [0.2, 0.25) is 0 Å². The predicted octanol–water partition coefficient (Wildman–Crippen LogP) is 1.14. The number of hydrogen-bond acceptors (Lipinski definition) is 5. The molecule has 7 heteroatoms. The van der Waals surface area contributed by atoms with Crippen molar-refractivity contribution in [3.63, 3.8) is 0 Å². The van der Waals surface area contributed by atoms with Crippen LogP contribution in [-0.4, -0.2) is 53.4 Å². The van der Waals surface area contributed by atoms with Crippen LogP contribution in [0, 0.1) is 25.7 Å². The maximum absolute atomic E-state index is 11.7. The molecular weight excluding hydrogens is 316 g/mol. The third-order valence-corrected chi connectivity index (χ3v) is 4.96. The molecular formula is C16H27ClN4O2. The second-order valence-corrected chi connectivity index (χ2v) is 6.48. The number of halogens is 1. The van der Waals surface area contributed by atoms with E-state index in [1.807, 2.05) is 20.8 Å². The van der Waals surface area contributed by atoms with Crippen molar-refractivity contribution in [1.29, 1.82) is 0 Å². The maximum Gasteiger partial charge on any atom is 0.327 e. The summed E-state index contributed by atoms with van der Waals surface area (Å²) in [6.07, 6.45) is 0. The quantitative estimate of drug-likeness (QED) is 0.813. The van der Waals surface area contributed by atoms with Crippen molar-refractivity contribution >= 4 is 18.4 Å². The van der Waals surface area contributed by atoms with E-state index in [1.54, 1.807) is 4.68 Å². The average molecular weight is 343 g/mol. The molecule has 130 valence electrons. The molecule has 1 aromatic rings. The van der Waals surface area contributed by atoms with Gasteiger partial charge in [-0.25, -0.2) is 0 Å². The number of likely N-dealkylation sites (tertiary alicyclic amines) is 1. The van der Waals surface area contributed by atoms with Gasteiger partial charge in [-0.15, -0.1) is 12.4 Å². The fourth-order valence-corrected chi connectivity index (χ4v) is 3.75. The molecule has 0 unspecified atom stereocenters. The van der Waals surface area contributed by atoms with Crippen LogP contribution in [0.3, 0.4) is 0 Å². The van der Waals surface area contributed by atoms with E-state index in [0.29, 0.717) is 6.61 Å². The second kappa shape index (κ2) is 7.64. The first-order chi connectivity index (χ1) is 10.6. The number of ether oxygens (including phenoxy) is 1. The highest BCUT2D eigenvalue weighted by molar-refractivity contribution is 5.85. The minimum absolute atomic E-state index is 0. The summed E-state index contributed by atoms with van der Waals surface area (Å²) in [5.74, 6) is 1.38. The van der Waals surface area contributed by atoms with E-state index >= 15 is 0 Å². The Labute approximate surface area is 144 Å². The van der Waals surface area contributed by atoms with Crippen LogP contribution in [0.5, 0.6) is 0 Å². The van der Waals surface area contributed by atoms with Crippen LogP contribution in [-0.2, 0) is 22.6 Å². The van der Waals surface area contributed by atoms with Crippen molar-refractivity contribution < 1.29 is 9.53 Å². The highest BCUT2D eigenvalue weighted by atomic mass is 35.5. The van der Waals surface area contributed by atoms with Gasteiger partial charge in [0.25, 0.3) is 0 Å². The number of aryl methyl sites for hydroxylation is 1. The fourth-order valence-electron chi connectivity index (χ4n) is 3.75. The number of rotatable bonds is 5. The summed E-state index contributed by atoms with van der Waals surface area (Å²) in [5, 5.41) is 8.00. The standard InChI is InChI=1S/C16H26N4O2.ClH/c1-4-22-16(21)10-20-12(3)15(11(2)18-20)9-19-7-13-5-17-6-14(13)8-19;/h13-14,17H,4-10H2,1-3H3;1H/t13-,14+;. The van der Waals surface area contributed by atoms with Crippen LogP contribution in [0.2, 0.25) is 0 Å². The van der Waals surface area contributed by atoms with E-state index in [9.17, 15) is 4.79 Å². The zero-order chi connectivity index (χ0) is 15.7. The summed E-state index contributed by atoms with van der Waals surface area (Å²) in [5.41, 5.74) is 3.37. The third-order valence-electron chi connectivity index (χ3n) is 4.96. The summed E-state index contributed by atoms with van der Waals surface area (Å²) in [4.78, 5) is 14.2. The molecule has 23 heavy (non-hydrogen) atoms. The molecule has 0 amide bonds. The summed E-state index contributed by atoms with van der Waals surface area (Å²) in [6.45, 7) is 12.1. The van der Waals surface area contributed by atoms with Crippen LogP contribution in [0.15, 0.2) is 0 Å². The molecule has 0 aliphatic carbocycles. The van der Waals surface area contributed by atoms with Gasteiger partial charge in [-0.05, 0) is 45.7 Å². The number of nitrogens with zero attached hydrogens (tertiary/aromatic N) is 3. The average Bonchev–Trinajstić information content (AvgIpc) is 3.10. The van der Waals surface area contributed by atoms with Crippen LogP contribution >= 0.6 is 12.4 Å². The van der Waals surface area contributed by atoms with E-state index in [1.165, 1.54) is 18.7 Å². The molecule has 0 radical (unpaired) electrons. The van der Waals surface area contributed by atoms with E-state index in [-0.39, 0.29) is 24.9 Å². The Morgan fingerprint density at radius 1 is 1.30 bits per heavy atom. The van der Waals surface area contributed by atoms with Gasteiger partial charge in [0.15, 0.2) is 0 Å². The summed E-state index contributed by atoms with van der Waals surface area (Å²) < 4.78 is 6.80. The minimum Gasteiger partial charge on any atom is -0.465 e. The van der Waals surface area contributed by atoms with Crippen molar-refractivity contribution in [2.45, 2.75) is 33.9 Å². The van der Waals surface area contributed by atoms with Gasteiger partial charge < -0.3 is 10.1 Å². The van der Waals surface area contributed by atoms with Crippen LogP contribution in [0.25, 0.3) is 0 Å². The van der Waals surface area contributed by atoms with E-state index < -0.39 is 0 Å². The first-order valence-electron chi connectivity index (χ1n) is 8.20. The maximum atomic E-state index is 11.7. The summed E-state index contributed by atoms with van der Waals surface area (Å²) in [6, 6.07) is 0. The minimum atomic E-state index is -0.221. The Balaban J connectivity index is 0.00000192. The Kier molecular flexibility index (Phi) is 6.06. The molecule has 1 N–H and O–H groups in total. The first kappa shape index (κ1) is 18.2. The fraction of sp³-hybridized carbons (Fsp3) is 0.750. The Morgan fingerprint density at radius 3 is 2.57 bits per heavy atom. The van der Waals surface area contributed by atoms with Crippen molar-refractivity contribution in [2.75, 3.05) is 32.8 Å². The van der Waals surface area contributed by atoms with Crippen LogP contribution in [0.4, 0.5) is 0 Å². The predicted molar refractivity (Wildman–Crippen MR) is 90.7 cm³/mol. The van der Waals surface area contributed by atoms with Gasteiger partial charge in [-0.3, -0.25) is 14.4 Å². The molecule has 0 aromatic carbocycles. The molecule has 0 saturated carbocycles.